The van der Waals surface area contributed by atoms with Gasteiger partial charge in [0.15, 0.2) is 0 Å². The van der Waals surface area contributed by atoms with Gasteiger partial charge in [-0.15, -0.1) is 0 Å². The van der Waals surface area contributed by atoms with E-state index in [0.29, 0.717) is 17.9 Å². The van der Waals surface area contributed by atoms with Gasteiger partial charge in [-0.3, -0.25) is 4.90 Å². The first-order valence-electron chi connectivity index (χ1n) is 8.24. The molecule has 1 aromatic heterocycles. The van der Waals surface area contributed by atoms with E-state index in [0.717, 1.165) is 25.0 Å². The van der Waals surface area contributed by atoms with Crippen molar-refractivity contribution < 1.29 is 18.7 Å². The molecule has 0 N–H and O–H groups in total. The van der Waals surface area contributed by atoms with Crippen molar-refractivity contribution in [2.24, 2.45) is 0 Å². The molecule has 0 radical (unpaired) electrons. The maximum absolute atomic E-state index is 12.1. The van der Waals surface area contributed by atoms with Crippen LogP contribution in [0.25, 0.3) is 11.0 Å². The van der Waals surface area contributed by atoms with Crippen LogP contribution < -0.4 is 4.74 Å². The van der Waals surface area contributed by atoms with Crippen molar-refractivity contribution in [3.8, 4) is 5.75 Å². The van der Waals surface area contributed by atoms with Crippen molar-refractivity contribution >= 4 is 16.9 Å². The van der Waals surface area contributed by atoms with Gasteiger partial charge in [0.2, 0.25) is 5.76 Å². The highest BCUT2D eigenvalue weighted by Crippen LogP contribution is 2.28. The first-order chi connectivity index (χ1) is 11.3. The number of esters is 1. The molecule has 23 heavy (non-hydrogen) atoms. The van der Waals surface area contributed by atoms with Gasteiger partial charge in [-0.25, -0.2) is 4.79 Å². The van der Waals surface area contributed by atoms with Crippen LogP contribution in [0.1, 0.15) is 36.2 Å². The third kappa shape index (κ3) is 3.85. The summed E-state index contributed by atoms with van der Waals surface area (Å²) in [7, 11) is 1.60. The van der Waals surface area contributed by atoms with Crippen LogP contribution in [0, 0.1) is 0 Å². The molecule has 1 fully saturated rings. The van der Waals surface area contributed by atoms with Crippen LogP contribution in [0.3, 0.4) is 0 Å². The Labute approximate surface area is 136 Å². The molecule has 5 nitrogen and oxygen atoms in total. The Hall–Kier alpha value is -2.01. The SMILES string of the molecule is COc1cccc2oc(C(=O)OCCN3CCCCCC3)cc12. The van der Waals surface area contributed by atoms with Gasteiger partial charge in [-0.1, -0.05) is 18.9 Å². The second-order valence-corrected chi connectivity index (χ2v) is 5.87. The molecule has 2 heterocycles. The minimum Gasteiger partial charge on any atom is -0.496 e. The molecule has 0 unspecified atom stereocenters. The van der Waals surface area contributed by atoms with Crippen LogP contribution in [0.4, 0.5) is 0 Å². The lowest BCUT2D eigenvalue weighted by molar-refractivity contribution is 0.0430. The minimum atomic E-state index is -0.418. The second-order valence-electron chi connectivity index (χ2n) is 5.87. The number of furan rings is 1. The monoisotopic (exact) mass is 317 g/mol. The average molecular weight is 317 g/mol. The Kier molecular flexibility index (Phi) is 5.18. The van der Waals surface area contributed by atoms with Crippen molar-refractivity contribution in [2.75, 3.05) is 33.4 Å². The van der Waals surface area contributed by atoms with Gasteiger partial charge in [-0.05, 0) is 38.1 Å². The Morgan fingerprint density at radius 2 is 2.00 bits per heavy atom. The summed E-state index contributed by atoms with van der Waals surface area (Å²) in [6.45, 7) is 3.38. The summed E-state index contributed by atoms with van der Waals surface area (Å²) in [5.41, 5.74) is 0.629. The van der Waals surface area contributed by atoms with Crippen molar-refractivity contribution in [1.82, 2.24) is 4.90 Å². The van der Waals surface area contributed by atoms with E-state index in [1.807, 2.05) is 18.2 Å². The van der Waals surface area contributed by atoms with E-state index in [1.54, 1.807) is 13.2 Å². The van der Waals surface area contributed by atoms with Crippen molar-refractivity contribution in [3.63, 3.8) is 0 Å². The molecule has 5 heteroatoms. The smallest absolute Gasteiger partial charge is 0.374 e. The summed E-state index contributed by atoms with van der Waals surface area (Å²) in [5.74, 6) is 0.494. The molecule has 124 valence electrons. The summed E-state index contributed by atoms with van der Waals surface area (Å²) >= 11 is 0. The van der Waals surface area contributed by atoms with Gasteiger partial charge < -0.3 is 13.9 Å². The predicted molar refractivity (Wildman–Crippen MR) is 88.0 cm³/mol. The molecule has 0 bridgehead atoms. The molecule has 0 saturated carbocycles. The van der Waals surface area contributed by atoms with E-state index in [1.165, 1.54) is 25.7 Å². The standard InChI is InChI=1S/C18H23NO4/c1-21-15-7-6-8-16-14(15)13-17(23-16)18(20)22-12-11-19-9-4-2-3-5-10-19/h6-8,13H,2-5,9-12H2,1H3. The lowest BCUT2D eigenvalue weighted by Gasteiger charge is -2.18. The van der Waals surface area contributed by atoms with Crippen LogP contribution >= 0.6 is 0 Å². The fourth-order valence-corrected chi connectivity index (χ4v) is 3.01. The zero-order valence-electron chi connectivity index (χ0n) is 13.5. The fraction of sp³-hybridized carbons (Fsp3) is 0.500. The number of hydrogen-bond donors (Lipinski definition) is 0. The van der Waals surface area contributed by atoms with E-state index in [4.69, 9.17) is 13.9 Å². The molecule has 1 aliphatic heterocycles. The topological polar surface area (TPSA) is 51.9 Å². The van der Waals surface area contributed by atoms with E-state index < -0.39 is 5.97 Å². The van der Waals surface area contributed by atoms with Crippen molar-refractivity contribution in [3.05, 3.63) is 30.0 Å². The zero-order chi connectivity index (χ0) is 16.1. The third-order valence-corrected chi connectivity index (χ3v) is 4.28. The Bertz CT molecular complexity index is 656. The number of fused-ring (bicyclic) bond motifs is 1. The zero-order valence-corrected chi connectivity index (χ0v) is 13.5. The molecule has 1 aliphatic rings. The molecule has 0 amide bonds. The molecule has 0 spiro atoms. The molecule has 1 saturated heterocycles. The number of nitrogens with zero attached hydrogens (tertiary/aromatic N) is 1. The largest absolute Gasteiger partial charge is 0.496 e. The number of benzene rings is 1. The number of rotatable bonds is 5. The van der Waals surface area contributed by atoms with E-state index in [-0.39, 0.29) is 5.76 Å². The van der Waals surface area contributed by atoms with Crippen LogP contribution in [0.15, 0.2) is 28.7 Å². The van der Waals surface area contributed by atoms with Gasteiger partial charge in [0.1, 0.15) is 17.9 Å². The van der Waals surface area contributed by atoms with Crippen LogP contribution in [0.2, 0.25) is 0 Å². The van der Waals surface area contributed by atoms with Gasteiger partial charge in [0, 0.05) is 12.6 Å². The Morgan fingerprint density at radius 1 is 1.22 bits per heavy atom. The number of carbonyl (C=O) groups is 1. The second kappa shape index (κ2) is 7.51. The minimum absolute atomic E-state index is 0.223. The summed E-state index contributed by atoms with van der Waals surface area (Å²) in [6, 6.07) is 7.17. The summed E-state index contributed by atoms with van der Waals surface area (Å²) in [6.07, 6.45) is 5.07. The number of likely N-dealkylation sites (tertiary alicyclic amines) is 1. The first-order valence-corrected chi connectivity index (χ1v) is 8.24. The quantitative estimate of drug-likeness (QED) is 0.790. The van der Waals surface area contributed by atoms with Gasteiger partial charge in [0.25, 0.3) is 0 Å². The highest BCUT2D eigenvalue weighted by Gasteiger charge is 2.16. The number of hydrogen-bond acceptors (Lipinski definition) is 5. The Morgan fingerprint density at radius 3 is 2.74 bits per heavy atom. The number of ether oxygens (including phenoxy) is 2. The Balaban J connectivity index is 1.57. The molecule has 1 aromatic carbocycles. The highest BCUT2D eigenvalue weighted by molar-refractivity contribution is 5.94. The van der Waals surface area contributed by atoms with Gasteiger partial charge >= 0.3 is 5.97 Å². The van der Waals surface area contributed by atoms with E-state index in [9.17, 15) is 4.79 Å². The molecule has 0 atom stereocenters. The molecular formula is C18H23NO4. The van der Waals surface area contributed by atoms with Crippen LogP contribution in [-0.4, -0.2) is 44.2 Å². The molecule has 2 aromatic rings. The summed E-state index contributed by atoms with van der Waals surface area (Å²) < 4.78 is 16.2. The van der Waals surface area contributed by atoms with Gasteiger partial charge in [0.05, 0.1) is 12.5 Å². The third-order valence-electron chi connectivity index (χ3n) is 4.28. The molecule has 0 aliphatic carbocycles. The molecular weight excluding hydrogens is 294 g/mol. The van der Waals surface area contributed by atoms with E-state index in [2.05, 4.69) is 4.90 Å². The van der Waals surface area contributed by atoms with Crippen molar-refractivity contribution in [1.29, 1.82) is 0 Å². The summed E-state index contributed by atoms with van der Waals surface area (Å²) in [4.78, 5) is 14.5. The van der Waals surface area contributed by atoms with Crippen molar-refractivity contribution in [2.45, 2.75) is 25.7 Å². The lowest BCUT2D eigenvalue weighted by Crippen LogP contribution is -2.29. The summed E-state index contributed by atoms with van der Waals surface area (Å²) in [5, 5.41) is 0.787. The number of methoxy groups -OCH3 is 1. The van der Waals surface area contributed by atoms with Crippen LogP contribution in [0.5, 0.6) is 5.75 Å². The highest BCUT2D eigenvalue weighted by atomic mass is 16.5. The average Bonchev–Trinajstić information content (AvgIpc) is 2.85. The first kappa shape index (κ1) is 15.9. The maximum atomic E-state index is 12.1. The number of carbonyl (C=O) groups excluding carboxylic acids is 1. The normalized spacial score (nSPS) is 16.2. The van der Waals surface area contributed by atoms with Crippen LogP contribution in [-0.2, 0) is 4.74 Å². The fourth-order valence-electron chi connectivity index (χ4n) is 3.01. The van der Waals surface area contributed by atoms with Gasteiger partial charge in [-0.2, -0.15) is 0 Å². The predicted octanol–water partition coefficient (Wildman–Crippen LogP) is 3.47. The van der Waals surface area contributed by atoms with E-state index >= 15 is 0 Å². The molecule has 3 rings (SSSR count). The lowest BCUT2D eigenvalue weighted by atomic mass is 10.2. The maximum Gasteiger partial charge on any atom is 0.374 e.